The molecule has 1 aliphatic heterocycles. The first-order valence-electron chi connectivity index (χ1n) is 8.19. The summed E-state index contributed by atoms with van der Waals surface area (Å²) in [6.45, 7) is 14.6. The second-order valence-electron chi connectivity index (χ2n) is 6.44. The minimum atomic E-state index is -1.28. The summed E-state index contributed by atoms with van der Waals surface area (Å²) in [5, 5.41) is 0. The summed E-state index contributed by atoms with van der Waals surface area (Å²) >= 11 is 0. The van der Waals surface area contributed by atoms with E-state index in [1.807, 2.05) is 0 Å². The van der Waals surface area contributed by atoms with Gasteiger partial charge in [0.15, 0.2) is 7.83 Å². The number of hydrogen-bond acceptors (Lipinski definition) is 1. The minimum Gasteiger partial charge on any atom is -0.415 e. The Bertz CT molecular complexity index is 201. The number of hydrogen-bond donors (Lipinski definition) is 0. The van der Waals surface area contributed by atoms with Crippen LogP contribution in [0.5, 0.6) is 0 Å². The Labute approximate surface area is 119 Å². The first-order chi connectivity index (χ1) is 8.49. The van der Waals surface area contributed by atoms with Crippen molar-refractivity contribution < 1.29 is 4.43 Å². The maximum absolute atomic E-state index is 6.95. The molecule has 0 aromatic heterocycles. The molecule has 0 saturated carbocycles. The zero-order valence-corrected chi connectivity index (χ0v) is 17.0. The summed E-state index contributed by atoms with van der Waals surface area (Å²) in [5.74, 6) is 0. The summed E-state index contributed by atoms with van der Waals surface area (Å²) < 4.78 is 6.95. The zero-order valence-electron chi connectivity index (χ0n) is 13.6. The fraction of sp³-hybridized carbons (Fsp3) is 1.00. The molecular formula is C14H34OSi3. The summed E-state index contributed by atoms with van der Waals surface area (Å²) in [6.07, 6.45) is 2.50. The summed E-state index contributed by atoms with van der Waals surface area (Å²) in [4.78, 5) is 0. The van der Waals surface area contributed by atoms with E-state index in [-0.39, 0.29) is 8.55 Å². The van der Waals surface area contributed by atoms with Gasteiger partial charge in [0.05, 0.1) is 5.60 Å². The third kappa shape index (κ3) is 3.02. The van der Waals surface area contributed by atoms with E-state index in [0.29, 0.717) is 5.60 Å². The molecule has 1 saturated heterocycles. The van der Waals surface area contributed by atoms with E-state index in [1.54, 1.807) is 0 Å². The van der Waals surface area contributed by atoms with Gasteiger partial charge in [-0.1, -0.05) is 53.6 Å². The Hall–Kier alpha value is 0.611. The normalized spacial score (nSPS) is 26.3. The first kappa shape index (κ1) is 16.7. The molecule has 1 rings (SSSR count). The average Bonchev–Trinajstić information content (AvgIpc) is 2.46. The second kappa shape index (κ2) is 6.37. The van der Waals surface area contributed by atoms with Crippen LogP contribution in [0.15, 0.2) is 0 Å². The van der Waals surface area contributed by atoms with Gasteiger partial charge in [0, 0.05) is 16.1 Å². The average molecular weight is 303 g/mol. The van der Waals surface area contributed by atoms with Crippen LogP contribution in [0.25, 0.3) is 0 Å². The zero-order chi connectivity index (χ0) is 13.9. The summed E-state index contributed by atoms with van der Waals surface area (Å²) in [7, 11) is -2.10. The second-order valence-corrected chi connectivity index (χ2v) is 28.2. The Balaban J connectivity index is 3.13. The van der Waals surface area contributed by atoms with Crippen LogP contribution >= 0.6 is 0 Å². The van der Waals surface area contributed by atoms with Crippen molar-refractivity contribution in [1.82, 2.24) is 0 Å². The molecule has 18 heavy (non-hydrogen) atoms. The fourth-order valence-corrected chi connectivity index (χ4v) is 44.8. The molecule has 0 aromatic carbocycles. The van der Waals surface area contributed by atoms with Gasteiger partial charge >= 0.3 is 0 Å². The van der Waals surface area contributed by atoms with E-state index in [1.165, 1.54) is 43.1 Å². The Morgan fingerprint density at radius 3 is 1.72 bits per heavy atom. The van der Waals surface area contributed by atoms with Crippen LogP contribution in [0.3, 0.4) is 0 Å². The van der Waals surface area contributed by atoms with Crippen LogP contribution in [0, 0.1) is 0 Å². The van der Waals surface area contributed by atoms with Gasteiger partial charge in [-0.15, -0.1) is 0 Å². The van der Waals surface area contributed by atoms with Crippen molar-refractivity contribution in [3.63, 3.8) is 0 Å². The van der Waals surface area contributed by atoms with Crippen molar-refractivity contribution in [2.45, 2.75) is 90.2 Å². The highest BCUT2D eigenvalue weighted by Crippen LogP contribution is 2.43. The van der Waals surface area contributed by atoms with Crippen molar-refractivity contribution in [3.8, 4) is 0 Å². The molecule has 0 atom stereocenters. The summed E-state index contributed by atoms with van der Waals surface area (Å²) in [5.41, 5.74) is 0.293. The van der Waals surface area contributed by atoms with Gasteiger partial charge in [0.1, 0.15) is 0 Å². The van der Waals surface area contributed by atoms with E-state index >= 15 is 0 Å². The maximum atomic E-state index is 6.95. The molecule has 0 unspecified atom stereocenters. The number of rotatable bonds is 6. The molecule has 0 amide bonds. The molecule has 1 nitrogen and oxygen atoms in total. The Morgan fingerprint density at radius 1 is 0.889 bits per heavy atom. The van der Waals surface area contributed by atoms with Crippen LogP contribution in [0.2, 0.25) is 30.2 Å². The molecule has 0 radical (unpaired) electrons. The third-order valence-electron chi connectivity index (χ3n) is 5.90. The molecule has 108 valence electrons. The molecule has 4 heteroatoms. The van der Waals surface area contributed by atoms with Gasteiger partial charge in [0.2, 0.25) is 0 Å². The lowest BCUT2D eigenvalue weighted by Gasteiger charge is -2.54. The first-order valence-corrected chi connectivity index (χ1v) is 17.8. The van der Waals surface area contributed by atoms with Crippen molar-refractivity contribution in [2.75, 3.05) is 0 Å². The van der Waals surface area contributed by atoms with Crippen molar-refractivity contribution >= 4 is 24.0 Å². The van der Waals surface area contributed by atoms with Crippen LogP contribution in [0.4, 0.5) is 0 Å². The topological polar surface area (TPSA) is 9.23 Å². The lowest BCUT2D eigenvalue weighted by molar-refractivity contribution is 0.0694. The predicted molar refractivity (Wildman–Crippen MR) is 91.2 cm³/mol. The summed E-state index contributed by atoms with van der Waals surface area (Å²) in [6, 6.07) is 7.37. The smallest absolute Gasteiger partial charge is 0.170 e. The van der Waals surface area contributed by atoms with Crippen molar-refractivity contribution in [3.05, 3.63) is 0 Å². The van der Waals surface area contributed by atoms with Gasteiger partial charge < -0.3 is 4.43 Å². The van der Waals surface area contributed by atoms with E-state index in [9.17, 15) is 0 Å². The molecule has 0 aromatic rings. The van der Waals surface area contributed by atoms with Crippen LogP contribution in [-0.2, 0) is 4.43 Å². The largest absolute Gasteiger partial charge is 0.415 e. The molecule has 0 spiro atoms. The van der Waals surface area contributed by atoms with Crippen LogP contribution < -0.4 is 0 Å². The van der Waals surface area contributed by atoms with Gasteiger partial charge in [-0.2, -0.15) is 0 Å². The third-order valence-corrected chi connectivity index (χ3v) is 39.1. The molecule has 0 bridgehead atoms. The van der Waals surface area contributed by atoms with E-state index in [4.69, 9.17) is 4.43 Å². The molecule has 1 heterocycles. The Morgan fingerprint density at radius 2 is 1.39 bits per heavy atom. The quantitative estimate of drug-likeness (QED) is 0.668. The molecule has 1 aliphatic rings. The molecular weight excluding hydrogens is 268 g/mol. The molecule has 0 N–H and O–H groups in total. The van der Waals surface area contributed by atoms with Gasteiger partial charge in [-0.25, -0.2) is 0 Å². The molecule has 1 fully saturated rings. The van der Waals surface area contributed by atoms with Crippen molar-refractivity contribution in [2.24, 2.45) is 0 Å². The monoisotopic (exact) mass is 302 g/mol. The van der Waals surface area contributed by atoms with E-state index in [0.717, 1.165) is 0 Å². The van der Waals surface area contributed by atoms with E-state index < -0.39 is 15.4 Å². The lowest BCUT2D eigenvalue weighted by Crippen LogP contribution is -2.68. The van der Waals surface area contributed by atoms with Crippen LogP contribution in [0.1, 0.15) is 54.4 Å². The fourth-order valence-electron chi connectivity index (χ4n) is 4.00. The highest BCUT2D eigenvalue weighted by Gasteiger charge is 2.53. The minimum absolute atomic E-state index is 0.0908. The van der Waals surface area contributed by atoms with Gasteiger partial charge in [-0.05, 0) is 31.0 Å². The predicted octanol–water partition coefficient (Wildman–Crippen LogP) is 4.21. The van der Waals surface area contributed by atoms with Crippen molar-refractivity contribution in [1.29, 1.82) is 0 Å². The lowest BCUT2D eigenvalue weighted by atomic mass is 10.0. The highest BCUT2D eigenvalue weighted by atomic mass is 29.6. The maximum Gasteiger partial charge on any atom is 0.170 e. The Kier molecular flexibility index (Phi) is 5.90. The standard InChI is InChI=1S/C14H34OSi3/c1-7-14(8-2)13-17(9-3,10-4)16-18(11-5,12-6)15-14/h7-13,16H2,1-6H3. The SMILES string of the molecule is CCC1(CC)C[Si](CC)(CC)[SiH2][Si](CC)(CC)O1. The molecule has 0 aliphatic carbocycles. The van der Waals surface area contributed by atoms with Gasteiger partial charge in [0.25, 0.3) is 0 Å². The van der Waals surface area contributed by atoms with Gasteiger partial charge in [-0.3, -0.25) is 0 Å². The van der Waals surface area contributed by atoms with Crippen LogP contribution in [-0.4, -0.2) is 29.6 Å². The highest BCUT2D eigenvalue weighted by molar-refractivity contribution is 7.52. The van der Waals surface area contributed by atoms with E-state index in [2.05, 4.69) is 41.5 Å².